The van der Waals surface area contributed by atoms with Crippen LogP contribution in [-0.4, -0.2) is 40.2 Å². The highest BCUT2D eigenvalue weighted by atomic mass is 19.1. The van der Waals surface area contributed by atoms with Gasteiger partial charge in [-0.2, -0.15) is 0 Å². The molecule has 0 saturated heterocycles. The van der Waals surface area contributed by atoms with E-state index in [9.17, 15) is 23.2 Å². The highest BCUT2D eigenvalue weighted by Crippen LogP contribution is 2.23. The van der Waals surface area contributed by atoms with Crippen LogP contribution in [0.4, 0.5) is 8.78 Å². The van der Waals surface area contributed by atoms with Gasteiger partial charge in [0.05, 0.1) is 0 Å². The summed E-state index contributed by atoms with van der Waals surface area (Å²) in [6.07, 6.45) is 2.98. The third-order valence-corrected chi connectivity index (χ3v) is 7.59. The van der Waals surface area contributed by atoms with E-state index in [0.29, 0.717) is 13.1 Å². The number of fused-ring (bicyclic) bond motifs is 2. The summed E-state index contributed by atoms with van der Waals surface area (Å²) in [5.74, 6) is -3.97. The lowest BCUT2D eigenvalue weighted by molar-refractivity contribution is -0.141. The quantitative estimate of drug-likeness (QED) is 0.266. The Labute approximate surface area is 236 Å². The maximum atomic E-state index is 13.9. The van der Waals surface area contributed by atoms with E-state index in [1.807, 2.05) is 48.7 Å². The first-order chi connectivity index (χ1) is 19.8. The number of aromatic amines is 1. The number of nitrogens with one attached hydrogen (secondary N) is 3. The maximum Gasteiger partial charge on any atom is 0.245 e. The average Bonchev–Trinajstić information content (AvgIpc) is 3.37. The van der Waals surface area contributed by atoms with E-state index in [1.54, 1.807) is 11.8 Å². The predicted molar refractivity (Wildman–Crippen MR) is 151 cm³/mol. The molecule has 0 aliphatic carbocycles. The zero-order chi connectivity index (χ0) is 28.9. The van der Waals surface area contributed by atoms with E-state index >= 15 is 0 Å². The van der Waals surface area contributed by atoms with Crippen LogP contribution in [0.5, 0.6) is 0 Å². The summed E-state index contributed by atoms with van der Waals surface area (Å²) in [6.45, 7) is 2.53. The summed E-state index contributed by atoms with van der Waals surface area (Å²) in [5, 5.41) is 6.42. The standard InChI is InChI=1S/C32H32F2N4O3/c1-2-26(30(39)36-17-20-13-24(33)16-25(34)14-20)31(40)37-29(15-23-18-35-28-10-6-5-9-27(23)28)32(41)38-12-11-21-7-3-4-8-22(21)19-38/h3-10,13-14,16,18,26,29,35H,2,11-12,15,17,19H2,1H3,(H,36,39)(H,37,40). The van der Waals surface area contributed by atoms with Gasteiger partial charge in [-0.1, -0.05) is 49.4 Å². The first-order valence-electron chi connectivity index (χ1n) is 13.8. The monoisotopic (exact) mass is 558 g/mol. The van der Waals surface area contributed by atoms with Crippen molar-refractivity contribution in [3.63, 3.8) is 0 Å². The lowest BCUT2D eigenvalue weighted by Crippen LogP contribution is -2.53. The van der Waals surface area contributed by atoms with Gasteiger partial charge in [-0.25, -0.2) is 8.78 Å². The minimum atomic E-state index is -1.09. The van der Waals surface area contributed by atoms with Gasteiger partial charge in [-0.3, -0.25) is 14.4 Å². The van der Waals surface area contributed by atoms with Crippen LogP contribution < -0.4 is 10.6 Å². The molecule has 0 spiro atoms. The fourth-order valence-electron chi connectivity index (χ4n) is 5.41. The highest BCUT2D eigenvalue weighted by Gasteiger charge is 2.33. The second kappa shape index (κ2) is 12.3. The summed E-state index contributed by atoms with van der Waals surface area (Å²) in [4.78, 5) is 45.3. The van der Waals surface area contributed by atoms with Crippen LogP contribution in [0.3, 0.4) is 0 Å². The van der Waals surface area contributed by atoms with Crippen molar-refractivity contribution in [3.8, 4) is 0 Å². The molecule has 3 N–H and O–H groups in total. The normalized spacial score (nSPS) is 14.3. The van der Waals surface area contributed by atoms with E-state index < -0.39 is 35.4 Å². The Morgan fingerprint density at radius 1 is 0.951 bits per heavy atom. The van der Waals surface area contributed by atoms with Gasteiger partial charge in [0.2, 0.25) is 17.7 Å². The Kier molecular flexibility index (Phi) is 8.42. The van der Waals surface area contributed by atoms with Gasteiger partial charge in [0.25, 0.3) is 0 Å². The second-order valence-electron chi connectivity index (χ2n) is 10.4. The molecule has 9 heteroatoms. The van der Waals surface area contributed by atoms with Crippen LogP contribution in [0.15, 0.2) is 72.9 Å². The highest BCUT2D eigenvalue weighted by molar-refractivity contribution is 6.02. The number of halogens is 2. The molecule has 41 heavy (non-hydrogen) atoms. The van der Waals surface area contributed by atoms with Crippen molar-refractivity contribution in [1.82, 2.24) is 20.5 Å². The van der Waals surface area contributed by atoms with Crippen LogP contribution in [0.25, 0.3) is 10.9 Å². The summed E-state index contributed by atoms with van der Waals surface area (Å²) in [6, 6.07) is 17.8. The zero-order valence-electron chi connectivity index (χ0n) is 22.8. The molecule has 2 heterocycles. The SMILES string of the molecule is CCC(C(=O)NCc1cc(F)cc(F)c1)C(=O)NC(Cc1c[nH]c2ccccc12)C(=O)N1CCc2ccccc2C1. The van der Waals surface area contributed by atoms with E-state index in [4.69, 9.17) is 0 Å². The lowest BCUT2D eigenvalue weighted by Gasteiger charge is -2.32. The third-order valence-electron chi connectivity index (χ3n) is 7.59. The van der Waals surface area contributed by atoms with Crippen molar-refractivity contribution in [2.75, 3.05) is 6.54 Å². The topological polar surface area (TPSA) is 94.3 Å². The van der Waals surface area contributed by atoms with E-state index in [1.165, 1.54) is 5.56 Å². The van der Waals surface area contributed by atoms with Gasteiger partial charge in [0.1, 0.15) is 23.6 Å². The molecular formula is C32H32F2N4O3. The molecular weight excluding hydrogens is 526 g/mol. The zero-order valence-corrected chi connectivity index (χ0v) is 22.8. The molecule has 2 atom stereocenters. The molecule has 0 bridgehead atoms. The van der Waals surface area contributed by atoms with Gasteiger partial charge >= 0.3 is 0 Å². The summed E-state index contributed by atoms with van der Waals surface area (Å²) >= 11 is 0. The number of carbonyl (C=O) groups is 3. The van der Waals surface area contributed by atoms with Gasteiger partial charge in [0.15, 0.2) is 0 Å². The number of hydrogen-bond acceptors (Lipinski definition) is 3. The van der Waals surface area contributed by atoms with Crippen LogP contribution in [-0.2, 0) is 40.3 Å². The van der Waals surface area contributed by atoms with Crippen molar-refractivity contribution < 1.29 is 23.2 Å². The minimum Gasteiger partial charge on any atom is -0.361 e. The smallest absolute Gasteiger partial charge is 0.245 e. The summed E-state index contributed by atoms with van der Waals surface area (Å²) < 4.78 is 27.1. The molecule has 3 amide bonds. The first kappa shape index (κ1) is 28.0. The number of amides is 3. The third kappa shape index (κ3) is 6.45. The molecule has 5 rings (SSSR count). The van der Waals surface area contributed by atoms with Crippen molar-refractivity contribution in [3.05, 3.63) is 107 Å². The summed E-state index contributed by atoms with van der Waals surface area (Å²) in [5.41, 5.74) is 4.32. The first-order valence-corrected chi connectivity index (χ1v) is 13.8. The fourth-order valence-corrected chi connectivity index (χ4v) is 5.41. The van der Waals surface area contributed by atoms with Crippen LogP contribution >= 0.6 is 0 Å². The Morgan fingerprint density at radius 2 is 1.66 bits per heavy atom. The van der Waals surface area contributed by atoms with Crippen LogP contribution in [0, 0.1) is 17.6 Å². The molecule has 1 aliphatic heterocycles. The number of rotatable bonds is 9. The number of nitrogens with zero attached hydrogens (tertiary/aromatic N) is 1. The Hall–Kier alpha value is -4.53. The number of benzene rings is 3. The van der Waals surface area contributed by atoms with E-state index in [-0.39, 0.29) is 30.9 Å². The van der Waals surface area contributed by atoms with Crippen molar-refractivity contribution >= 4 is 28.6 Å². The van der Waals surface area contributed by atoms with Crippen LogP contribution in [0.1, 0.15) is 35.6 Å². The predicted octanol–water partition coefficient (Wildman–Crippen LogP) is 4.40. The van der Waals surface area contributed by atoms with E-state index in [0.717, 1.165) is 46.6 Å². The molecule has 0 fully saturated rings. The number of para-hydroxylation sites is 1. The van der Waals surface area contributed by atoms with Crippen molar-refractivity contribution in [2.45, 2.75) is 45.3 Å². The summed E-state index contributed by atoms with van der Waals surface area (Å²) in [7, 11) is 0. The molecule has 4 aromatic rings. The molecule has 1 aliphatic rings. The molecule has 7 nitrogen and oxygen atoms in total. The average molecular weight is 559 g/mol. The maximum absolute atomic E-state index is 13.9. The van der Waals surface area contributed by atoms with Crippen LogP contribution in [0.2, 0.25) is 0 Å². The largest absolute Gasteiger partial charge is 0.361 e. The van der Waals surface area contributed by atoms with Gasteiger partial charge in [0, 0.05) is 49.2 Å². The van der Waals surface area contributed by atoms with Gasteiger partial charge in [-0.05, 0) is 53.3 Å². The number of H-pyrrole nitrogens is 1. The minimum absolute atomic E-state index is 0.137. The Bertz CT molecular complexity index is 1560. The number of aromatic nitrogens is 1. The lowest BCUT2D eigenvalue weighted by atomic mass is 9.97. The van der Waals surface area contributed by atoms with Crippen molar-refractivity contribution in [2.24, 2.45) is 5.92 Å². The van der Waals surface area contributed by atoms with Crippen molar-refractivity contribution in [1.29, 1.82) is 0 Å². The van der Waals surface area contributed by atoms with E-state index in [2.05, 4.69) is 21.7 Å². The molecule has 0 saturated carbocycles. The Morgan fingerprint density at radius 3 is 2.41 bits per heavy atom. The van der Waals surface area contributed by atoms with Gasteiger partial charge in [-0.15, -0.1) is 0 Å². The Balaban J connectivity index is 1.33. The molecule has 2 unspecified atom stereocenters. The molecule has 3 aromatic carbocycles. The number of carbonyl (C=O) groups excluding carboxylic acids is 3. The van der Waals surface area contributed by atoms with Gasteiger partial charge < -0.3 is 20.5 Å². The number of hydrogen-bond donors (Lipinski definition) is 3. The molecule has 0 radical (unpaired) electrons. The second-order valence-corrected chi connectivity index (χ2v) is 10.4. The fraction of sp³-hybridized carbons (Fsp3) is 0.281. The molecule has 212 valence electrons. The molecule has 1 aromatic heterocycles.